The highest BCUT2D eigenvalue weighted by Gasteiger charge is 2.41. The van der Waals surface area contributed by atoms with E-state index in [2.05, 4.69) is 0 Å². The van der Waals surface area contributed by atoms with Crippen molar-refractivity contribution in [2.24, 2.45) is 0 Å². The van der Waals surface area contributed by atoms with Gasteiger partial charge in [-0.2, -0.15) is 0 Å². The molecular weight excluding hydrogens is 425 g/mol. The molecule has 0 saturated carbocycles. The second kappa shape index (κ2) is 7.39. The molecule has 3 aromatic rings. The first-order valence-corrected chi connectivity index (χ1v) is 10.3. The molecule has 0 atom stereocenters. The van der Waals surface area contributed by atoms with Crippen molar-refractivity contribution in [3.05, 3.63) is 94.8 Å². The molecule has 4 rings (SSSR count). The molecule has 0 heterocycles. The van der Waals surface area contributed by atoms with Crippen LogP contribution in [0, 0.1) is 29.1 Å². The van der Waals surface area contributed by atoms with Crippen LogP contribution in [0.5, 0.6) is 0 Å². The Hall–Kier alpha value is -2.94. The van der Waals surface area contributed by atoms with Gasteiger partial charge in [0.15, 0.2) is 28.2 Å². The number of sulfonamides is 1. The molecule has 156 valence electrons. The standard InChI is InChI=1S/C21H14F5NO2S/c22-16-17(23)19(25)21(20(26)18(16)24)30(28,29)27(14-8-2-1-3-9-14)15-10-12-6-4-5-7-13(12)11-15/h1-9,15H,10-11H2. The summed E-state index contributed by atoms with van der Waals surface area (Å²) in [5.41, 5.74) is 1.74. The van der Waals surface area contributed by atoms with E-state index in [9.17, 15) is 30.4 Å². The number of hydrogen-bond acceptors (Lipinski definition) is 2. The number of para-hydroxylation sites is 1. The highest BCUT2D eigenvalue weighted by atomic mass is 32.2. The predicted octanol–water partition coefficient (Wildman–Crippen LogP) is 4.74. The molecule has 0 amide bonds. The minimum absolute atomic E-state index is 0.0549. The summed E-state index contributed by atoms with van der Waals surface area (Å²) in [5.74, 6) is -11.8. The maximum absolute atomic E-state index is 14.4. The van der Waals surface area contributed by atoms with Crippen molar-refractivity contribution >= 4 is 15.7 Å². The number of hydrogen-bond donors (Lipinski definition) is 0. The smallest absolute Gasteiger partial charge is 0.262 e. The van der Waals surface area contributed by atoms with Gasteiger partial charge < -0.3 is 0 Å². The van der Waals surface area contributed by atoms with Crippen molar-refractivity contribution in [1.29, 1.82) is 0 Å². The van der Waals surface area contributed by atoms with Crippen LogP contribution in [0.3, 0.4) is 0 Å². The van der Waals surface area contributed by atoms with Crippen LogP contribution in [-0.2, 0) is 22.9 Å². The van der Waals surface area contributed by atoms with E-state index in [1.807, 2.05) is 0 Å². The fourth-order valence-electron chi connectivity index (χ4n) is 3.73. The first-order valence-electron chi connectivity index (χ1n) is 8.91. The van der Waals surface area contributed by atoms with Gasteiger partial charge in [-0.3, -0.25) is 4.31 Å². The first kappa shape index (κ1) is 20.3. The number of nitrogens with zero attached hydrogens (tertiary/aromatic N) is 1. The third-order valence-corrected chi connectivity index (χ3v) is 6.96. The maximum Gasteiger partial charge on any atom is 0.270 e. The van der Waals surface area contributed by atoms with Crippen LogP contribution in [0.2, 0.25) is 0 Å². The SMILES string of the molecule is O=S(=O)(c1c(F)c(F)c(F)c(F)c1F)N(c1ccccc1)C1Cc2ccccc2C1. The molecule has 1 aliphatic carbocycles. The van der Waals surface area contributed by atoms with Gasteiger partial charge in [-0.05, 0) is 36.1 Å². The Morgan fingerprint density at radius 1 is 0.667 bits per heavy atom. The van der Waals surface area contributed by atoms with Crippen LogP contribution < -0.4 is 4.31 Å². The van der Waals surface area contributed by atoms with E-state index in [0.29, 0.717) is 0 Å². The predicted molar refractivity (Wildman–Crippen MR) is 100.0 cm³/mol. The Bertz CT molecular complexity index is 1180. The lowest BCUT2D eigenvalue weighted by molar-refractivity contribution is 0.357. The first-order chi connectivity index (χ1) is 14.2. The zero-order valence-electron chi connectivity index (χ0n) is 15.2. The summed E-state index contributed by atoms with van der Waals surface area (Å²) >= 11 is 0. The van der Waals surface area contributed by atoms with Gasteiger partial charge in [0.05, 0.1) is 11.7 Å². The van der Waals surface area contributed by atoms with Gasteiger partial charge in [0.1, 0.15) is 0 Å². The summed E-state index contributed by atoms with van der Waals surface area (Å²) in [7, 11) is -5.14. The maximum atomic E-state index is 14.4. The van der Waals surface area contributed by atoms with Gasteiger partial charge in [-0.25, -0.2) is 30.4 Å². The van der Waals surface area contributed by atoms with Gasteiger partial charge in [0.2, 0.25) is 5.82 Å². The molecule has 3 aromatic carbocycles. The second-order valence-corrected chi connectivity index (χ2v) is 8.62. The fourth-order valence-corrected chi connectivity index (χ4v) is 5.50. The normalized spacial score (nSPS) is 14.0. The molecule has 3 nitrogen and oxygen atoms in total. The molecule has 0 radical (unpaired) electrons. The minimum atomic E-state index is -5.14. The lowest BCUT2D eigenvalue weighted by atomic mass is 10.1. The molecule has 9 heteroatoms. The molecule has 0 N–H and O–H groups in total. The molecular formula is C21H14F5NO2S. The summed E-state index contributed by atoms with van der Waals surface area (Å²) in [4.78, 5) is -1.86. The Morgan fingerprint density at radius 2 is 1.10 bits per heavy atom. The zero-order chi connectivity index (χ0) is 21.6. The van der Waals surface area contributed by atoms with E-state index in [-0.39, 0.29) is 18.5 Å². The van der Waals surface area contributed by atoms with Gasteiger partial charge in [-0.15, -0.1) is 0 Å². The van der Waals surface area contributed by atoms with Crippen LogP contribution in [-0.4, -0.2) is 14.5 Å². The summed E-state index contributed by atoms with van der Waals surface area (Å²) in [6.07, 6.45) is 0.444. The fraction of sp³-hybridized carbons (Fsp3) is 0.143. The topological polar surface area (TPSA) is 37.4 Å². The lowest BCUT2D eigenvalue weighted by Crippen LogP contribution is -2.42. The Morgan fingerprint density at radius 3 is 1.60 bits per heavy atom. The van der Waals surface area contributed by atoms with Crippen molar-refractivity contribution in [2.45, 2.75) is 23.8 Å². The van der Waals surface area contributed by atoms with Gasteiger partial charge >= 0.3 is 0 Å². The minimum Gasteiger partial charge on any atom is -0.262 e. The van der Waals surface area contributed by atoms with Crippen molar-refractivity contribution in [1.82, 2.24) is 0 Å². The Labute approximate surface area is 169 Å². The van der Waals surface area contributed by atoms with E-state index < -0.39 is 50.0 Å². The Balaban J connectivity index is 1.91. The molecule has 0 fully saturated rings. The number of fused-ring (bicyclic) bond motifs is 1. The van der Waals surface area contributed by atoms with Crippen LogP contribution >= 0.6 is 0 Å². The molecule has 0 aromatic heterocycles. The lowest BCUT2D eigenvalue weighted by Gasteiger charge is -2.30. The highest BCUT2D eigenvalue weighted by Crippen LogP contribution is 2.36. The van der Waals surface area contributed by atoms with Crippen LogP contribution in [0.15, 0.2) is 59.5 Å². The average molecular weight is 439 g/mol. The molecule has 0 unspecified atom stereocenters. The third kappa shape index (κ3) is 3.13. The van der Waals surface area contributed by atoms with Crippen molar-refractivity contribution in [3.63, 3.8) is 0 Å². The van der Waals surface area contributed by atoms with Gasteiger partial charge in [-0.1, -0.05) is 42.5 Å². The van der Waals surface area contributed by atoms with Crippen LogP contribution in [0.25, 0.3) is 0 Å². The zero-order valence-corrected chi connectivity index (χ0v) is 16.1. The van der Waals surface area contributed by atoms with E-state index >= 15 is 0 Å². The largest absolute Gasteiger partial charge is 0.270 e. The van der Waals surface area contributed by atoms with Crippen molar-refractivity contribution in [3.8, 4) is 0 Å². The number of halogens is 5. The van der Waals surface area contributed by atoms with Gasteiger partial charge in [0.25, 0.3) is 10.0 Å². The highest BCUT2D eigenvalue weighted by molar-refractivity contribution is 7.92. The van der Waals surface area contributed by atoms with E-state index in [1.54, 1.807) is 30.3 Å². The molecule has 1 aliphatic rings. The summed E-state index contributed by atoms with van der Waals surface area (Å²) in [6, 6.07) is 13.8. The molecule has 30 heavy (non-hydrogen) atoms. The second-order valence-electron chi connectivity index (χ2n) is 6.87. The quantitative estimate of drug-likeness (QED) is 0.335. The average Bonchev–Trinajstić information content (AvgIpc) is 3.14. The molecule has 0 aliphatic heterocycles. The van der Waals surface area contributed by atoms with Crippen molar-refractivity contribution < 1.29 is 30.4 Å². The van der Waals surface area contributed by atoms with Gasteiger partial charge in [0, 0.05) is 0 Å². The van der Waals surface area contributed by atoms with Crippen molar-refractivity contribution in [2.75, 3.05) is 4.31 Å². The number of anilines is 1. The molecule has 0 spiro atoms. The third-order valence-electron chi connectivity index (χ3n) is 5.06. The van der Waals surface area contributed by atoms with E-state index in [1.165, 1.54) is 24.3 Å². The van der Waals surface area contributed by atoms with Crippen LogP contribution in [0.1, 0.15) is 11.1 Å². The summed E-state index contributed by atoms with van der Waals surface area (Å²) in [5, 5.41) is 0. The monoisotopic (exact) mass is 439 g/mol. The van der Waals surface area contributed by atoms with Crippen LogP contribution in [0.4, 0.5) is 27.6 Å². The van der Waals surface area contributed by atoms with E-state index in [0.717, 1.165) is 15.4 Å². The summed E-state index contributed by atoms with van der Waals surface area (Å²) in [6.45, 7) is 0. The van der Waals surface area contributed by atoms with E-state index in [4.69, 9.17) is 0 Å². The molecule has 0 bridgehead atoms. The number of benzene rings is 3. The molecule has 0 saturated heterocycles. The summed E-state index contributed by atoms with van der Waals surface area (Å²) < 4.78 is 97.1. The Kier molecular flexibility index (Phi) is 5.01. The number of rotatable bonds is 4.